The molecule has 2 N–H and O–H groups in total. The van der Waals surface area contributed by atoms with Crippen LogP contribution in [-0.4, -0.2) is 95.4 Å². The van der Waals surface area contributed by atoms with Gasteiger partial charge >= 0.3 is 0 Å². The number of aromatic nitrogens is 1. The van der Waals surface area contributed by atoms with Gasteiger partial charge in [0, 0.05) is 26.0 Å². The zero-order chi connectivity index (χ0) is 45.0. The minimum atomic E-state index is -0.0474. The van der Waals surface area contributed by atoms with Gasteiger partial charge in [-0.25, -0.2) is 0 Å². The first-order valence-corrected chi connectivity index (χ1v) is 26.4. The fourth-order valence-corrected chi connectivity index (χ4v) is 7.35. The highest BCUT2D eigenvalue weighted by molar-refractivity contribution is 7.80. The maximum atomic E-state index is 6.28. The number of ether oxygens (including phenoxy) is 6. The number of thiocarbonyl (C=S) groups is 1. The monoisotopic (exact) mass is 904 g/mol. The van der Waals surface area contributed by atoms with Gasteiger partial charge in [-0.15, -0.1) is 0 Å². The third-order valence-corrected chi connectivity index (χ3v) is 11.2. The number of hydrogen-bond acceptors (Lipinski definition) is 8. The van der Waals surface area contributed by atoms with Crippen LogP contribution in [0.2, 0.25) is 0 Å². The molecule has 1 aromatic rings. The lowest BCUT2D eigenvalue weighted by Gasteiger charge is -2.18. The largest absolute Gasteiger partial charge is 0.379 e. The molecule has 366 valence electrons. The minimum Gasteiger partial charge on any atom is -0.379 e. The number of allylic oxidation sites excluding steroid dienone is 4. The van der Waals surface area contributed by atoms with E-state index in [1.165, 1.54) is 167 Å². The van der Waals surface area contributed by atoms with Gasteiger partial charge in [-0.05, 0) is 88.6 Å². The van der Waals surface area contributed by atoms with Gasteiger partial charge in [0.15, 0.2) is 5.11 Å². The third-order valence-electron chi connectivity index (χ3n) is 11.0. The molecule has 0 aliphatic rings. The molecular weight excluding hydrogens is 807 g/mol. The molecule has 1 rings (SSSR count). The number of hydrogen-bond donors (Lipinski definition) is 2. The summed E-state index contributed by atoms with van der Waals surface area (Å²) in [5.74, 6) is 0. The van der Waals surface area contributed by atoms with Crippen LogP contribution < -0.4 is 10.6 Å². The molecule has 10 heteroatoms. The Morgan fingerprint density at radius 3 is 1.40 bits per heavy atom. The molecule has 0 aliphatic heterocycles. The van der Waals surface area contributed by atoms with E-state index in [-0.39, 0.29) is 6.10 Å². The number of unbranched alkanes of at least 4 members (excludes halogenated alkanes) is 24. The number of pyridine rings is 1. The zero-order valence-electron chi connectivity index (χ0n) is 40.8. The van der Waals surface area contributed by atoms with Crippen molar-refractivity contribution in [1.82, 2.24) is 10.3 Å². The van der Waals surface area contributed by atoms with Gasteiger partial charge in [0.25, 0.3) is 0 Å². The van der Waals surface area contributed by atoms with Crippen LogP contribution in [-0.2, 0) is 28.4 Å². The summed E-state index contributed by atoms with van der Waals surface area (Å²) in [5.41, 5.74) is 0.852. The molecule has 63 heavy (non-hydrogen) atoms. The molecule has 0 spiro atoms. The second-order valence-electron chi connectivity index (χ2n) is 17.0. The average molecular weight is 904 g/mol. The van der Waals surface area contributed by atoms with E-state index in [1.807, 2.05) is 12.1 Å². The van der Waals surface area contributed by atoms with Gasteiger partial charge in [-0.2, -0.15) is 0 Å². The molecule has 0 radical (unpaired) electrons. The Hall–Kier alpha value is -1.92. The van der Waals surface area contributed by atoms with E-state index in [0.717, 1.165) is 31.7 Å². The second-order valence-corrected chi connectivity index (χ2v) is 17.4. The fourth-order valence-electron chi connectivity index (χ4n) is 7.13. The Kier molecular flexibility index (Phi) is 47.9. The number of anilines is 1. The van der Waals surface area contributed by atoms with Gasteiger partial charge in [-0.3, -0.25) is 4.98 Å². The lowest BCUT2D eigenvalue weighted by atomic mass is 10.1. The van der Waals surface area contributed by atoms with Crippen molar-refractivity contribution in [3.05, 3.63) is 48.8 Å². The highest BCUT2D eigenvalue weighted by Crippen LogP contribution is 2.13. The maximum Gasteiger partial charge on any atom is 0.170 e. The van der Waals surface area contributed by atoms with Crippen molar-refractivity contribution in [2.75, 3.05) is 84.5 Å². The van der Waals surface area contributed by atoms with Crippen molar-refractivity contribution in [2.24, 2.45) is 0 Å². The van der Waals surface area contributed by atoms with Crippen molar-refractivity contribution in [2.45, 2.75) is 200 Å². The average Bonchev–Trinajstić information content (AvgIpc) is 3.29. The first-order valence-electron chi connectivity index (χ1n) is 26.0. The Labute approximate surface area is 393 Å². The lowest BCUT2D eigenvalue weighted by Crippen LogP contribution is -2.31. The maximum absolute atomic E-state index is 6.28. The van der Waals surface area contributed by atoms with Gasteiger partial charge in [0.05, 0.1) is 71.3 Å². The predicted molar refractivity (Wildman–Crippen MR) is 271 cm³/mol. The molecule has 0 aromatic carbocycles. The topological polar surface area (TPSA) is 92.3 Å². The Balaban J connectivity index is 2.11. The summed E-state index contributed by atoms with van der Waals surface area (Å²) in [4.78, 5) is 4.07. The highest BCUT2D eigenvalue weighted by Gasteiger charge is 2.10. The Morgan fingerprint density at radius 1 is 0.508 bits per heavy atom. The van der Waals surface area contributed by atoms with E-state index >= 15 is 0 Å². The molecule has 0 aliphatic carbocycles. The molecule has 1 heterocycles. The molecule has 0 fully saturated rings. The summed E-state index contributed by atoms with van der Waals surface area (Å²) in [5, 5.41) is 6.75. The van der Waals surface area contributed by atoms with E-state index in [2.05, 4.69) is 53.8 Å². The van der Waals surface area contributed by atoms with E-state index in [0.29, 0.717) is 71.1 Å². The lowest BCUT2D eigenvalue weighted by molar-refractivity contribution is -0.0700. The third kappa shape index (κ3) is 46.4. The number of nitrogens with one attached hydrogen (secondary N) is 2. The van der Waals surface area contributed by atoms with Crippen LogP contribution in [0.25, 0.3) is 0 Å². The molecule has 9 nitrogen and oxygen atoms in total. The van der Waals surface area contributed by atoms with Crippen molar-refractivity contribution < 1.29 is 28.4 Å². The molecule has 1 atom stereocenters. The van der Waals surface area contributed by atoms with Crippen molar-refractivity contribution in [1.29, 1.82) is 0 Å². The summed E-state index contributed by atoms with van der Waals surface area (Å²) >= 11 is 5.29. The summed E-state index contributed by atoms with van der Waals surface area (Å²) in [6, 6.07) is 3.77. The normalized spacial score (nSPS) is 12.2. The summed E-state index contributed by atoms with van der Waals surface area (Å²) in [7, 11) is 0. The van der Waals surface area contributed by atoms with Crippen LogP contribution in [0, 0.1) is 0 Å². The number of rotatable bonds is 50. The molecule has 0 bridgehead atoms. The van der Waals surface area contributed by atoms with Crippen LogP contribution in [0.3, 0.4) is 0 Å². The van der Waals surface area contributed by atoms with Crippen molar-refractivity contribution >= 4 is 23.0 Å². The fraction of sp³-hybridized carbons (Fsp3) is 0.811. The van der Waals surface area contributed by atoms with Crippen molar-refractivity contribution in [3.8, 4) is 0 Å². The minimum absolute atomic E-state index is 0.0474. The van der Waals surface area contributed by atoms with Gasteiger partial charge in [0.1, 0.15) is 6.10 Å². The predicted octanol–water partition coefficient (Wildman–Crippen LogP) is 13.9. The number of nitrogens with zero attached hydrogens (tertiary/aromatic N) is 1. The van der Waals surface area contributed by atoms with E-state index < -0.39 is 0 Å². The van der Waals surface area contributed by atoms with E-state index in [1.54, 1.807) is 12.4 Å². The SMILES string of the molecule is CCCCCCCC/C=C\CCCCCCCCOCC(COCCOCCOCCOCCNC(=S)Nc1cccnc1)OCCCCCCCC/C=C\CCCCCCCC. The quantitative estimate of drug-likeness (QED) is 0.0374. The molecule has 0 saturated heterocycles. The van der Waals surface area contributed by atoms with Crippen LogP contribution in [0.4, 0.5) is 5.69 Å². The van der Waals surface area contributed by atoms with Crippen molar-refractivity contribution in [3.63, 3.8) is 0 Å². The Morgan fingerprint density at radius 2 is 0.921 bits per heavy atom. The van der Waals surface area contributed by atoms with Crippen LogP contribution in [0.1, 0.15) is 194 Å². The van der Waals surface area contributed by atoms with Gasteiger partial charge < -0.3 is 39.1 Å². The van der Waals surface area contributed by atoms with E-state index in [9.17, 15) is 0 Å². The molecule has 0 amide bonds. The summed E-state index contributed by atoms with van der Waals surface area (Å²) in [6.45, 7) is 11.5. The van der Waals surface area contributed by atoms with Crippen LogP contribution in [0.5, 0.6) is 0 Å². The highest BCUT2D eigenvalue weighted by atomic mass is 32.1. The Bertz CT molecular complexity index is 1110. The first-order chi connectivity index (χ1) is 31.3. The molecule has 0 saturated carbocycles. The van der Waals surface area contributed by atoms with Gasteiger partial charge in [-0.1, -0.05) is 154 Å². The molecule has 1 aromatic heterocycles. The van der Waals surface area contributed by atoms with Crippen LogP contribution >= 0.6 is 12.2 Å². The van der Waals surface area contributed by atoms with Gasteiger partial charge in [0.2, 0.25) is 0 Å². The molecule has 1 unspecified atom stereocenters. The summed E-state index contributed by atoms with van der Waals surface area (Å²) < 4.78 is 35.3. The molecular formula is C53H97N3O6S. The van der Waals surface area contributed by atoms with Crippen LogP contribution in [0.15, 0.2) is 48.8 Å². The standard InChI is InChI=1S/C53H97N3O6S/c1-3-5-7-9-11-13-15-17-19-21-23-25-27-29-31-33-39-60-49-52(62-40-34-32-30-28-26-24-22-20-18-16-14-12-10-8-6-4-2)50-61-47-46-59-45-44-58-43-42-57-41-38-55-53(63)56-51-36-35-37-54-48-51/h17-20,35-37,48,52H,3-16,21-34,38-47,49-50H2,1-2H3,(H2,55,56,63)/b19-17-,20-18-. The van der Waals surface area contributed by atoms with E-state index in [4.69, 9.17) is 40.6 Å². The zero-order valence-corrected chi connectivity index (χ0v) is 41.6. The summed E-state index contributed by atoms with van der Waals surface area (Å²) in [6.07, 6.45) is 49.7. The smallest absolute Gasteiger partial charge is 0.170 e. The second kappa shape index (κ2) is 51.1. The first kappa shape index (κ1) is 59.1.